The van der Waals surface area contributed by atoms with E-state index in [1.54, 1.807) is 0 Å². The van der Waals surface area contributed by atoms with Crippen molar-refractivity contribution in [1.29, 1.82) is 0 Å². The fourth-order valence-corrected chi connectivity index (χ4v) is 3.90. The average molecular weight is 254 g/mol. The molecule has 2 saturated heterocycles. The van der Waals surface area contributed by atoms with Crippen LogP contribution in [0.4, 0.5) is 0 Å². The van der Waals surface area contributed by atoms with E-state index in [-0.39, 0.29) is 11.0 Å². The minimum atomic E-state index is -0.456. The number of ketones is 1. The summed E-state index contributed by atoms with van der Waals surface area (Å²) in [6.45, 7) is 6.26. The maximum atomic E-state index is 11.7. The number of carbonyl (C=O) groups is 1. The standard InChI is InChI=1S/C14H22O4/c1-12(2)10-13(9-11(15)3-6-16-13)4-5-14(12)17-7-8-18-14/h3-10H2,1-2H3. The third kappa shape index (κ3) is 1.82. The maximum Gasteiger partial charge on any atom is 0.173 e. The summed E-state index contributed by atoms with van der Waals surface area (Å²) in [4.78, 5) is 11.7. The van der Waals surface area contributed by atoms with Crippen molar-refractivity contribution in [3.8, 4) is 0 Å². The van der Waals surface area contributed by atoms with Crippen molar-refractivity contribution >= 4 is 5.78 Å². The molecule has 2 spiro atoms. The van der Waals surface area contributed by atoms with Gasteiger partial charge in [-0.05, 0) is 12.8 Å². The lowest BCUT2D eigenvalue weighted by Crippen LogP contribution is -2.57. The van der Waals surface area contributed by atoms with Crippen molar-refractivity contribution < 1.29 is 19.0 Å². The molecule has 18 heavy (non-hydrogen) atoms. The molecule has 1 aliphatic carbocycles. The van der Waals surface area contributed by atoms with Gasteiger partial charge in [-0.2, -0.15) is 0 Å². The molecule has 3 rings (SSSR count). The molecule has 4 nitrogen and oxygen atoms in total. The smallest absolute Gasteiger partial charge is 0.173 e. The Hall–Kier alpha value is -0.450. The normalized spacial score (nSPS) is 38.4. The first-order valence-corrected chi connectivity index (χ1v) is 6.91. The van der Waals surface area contributed by atoms with Gasteiger partial charge in [-0.25, -0.2) is 0 Å². The first-order valence-electron chi connectivity index (χ1n) is 6.91. The summed E-state index contributed by atoms with van der Waals surface area (Å²) in [5.41, 5.74) is -0.376. The van der Waals surface area contributed by atoms with Gasteiger partial charge >= 0.3 is 0 Å². The monoisotopic (exact) mass is 254 g/mol. The second-order valence-electron chi connectivity index (χ2n) is 6.51. The molecule has 0 N–H and O–H groups in total. The number of hydrogen-bond donors (Lipinski definition) is 0. The van der Waals surface area contributed by atoms with E-state index >= 15 is 0 Å². The quantitative estimate of drug-likeness (QED) is 0.663. The second kappa shape index (κ2) is 4.02. The van der Waals surface area contributed by atoms with E-state index in [0.29, 0.717) is 38.4 Å². The van der Waals surface area contributed by atoms with Gasteiger partial charge in [-0.3, -0.25) is 4.79 Å². The minimum Gasteiger partial charge on any atom is -0.374 e. The van der Waals surface area contributed by atoms with E-state index in [4.69, 9.17) is 14.2 Å². The maximum absolute atomic E-state index is 11.7. The Kier molecular flexibility index (Phi) is 2.81. The van der Waals surface area contributed by atoms with Gasteiger partial charge in [0, 0.05) is 24.7 Å². The number of carbonyl (C=O) groups excluding carboxylic acids is 1. The van der Waals surface area contributed by atoms with E-state index in [0.717, 1.165) is 19.3 Å². The molecular weight excluding hydrogens is 232 g/mol. The summed E-state index contributed by atoms with van der Waals surface area (Å²) in [6.07, 6.45) is 3.66. The van der Waals surface area contributed by atoms with Crippen LogP contribution in [0.15, 0.2) is 0 Å². The molecule has 0 aromatic rings. The van der Waals surface area contributed by atoms with Crippen LogP contribution in [-0.2, 0) is 19.0 Å². The summed E-state index contributed by atoms with van der Waals surface area (Å²) in [5.74, 6) is -0.122. The Bertz CT molecular complexity index is 357. The highest BCUT2D eigenvalue weighted by atomic mass is 16.7. The zero-order chi connectivity index (χ0) is 12.9. The van der Waals surface area contributed by atoms with Crippen molar-refractivity contribution in [2.75, 3.05) is 19.8 Å². The van der Waals surface area contributed by atoms with Crippen LogP contribution in [-0.4, -0.2) is 37.0 Å². The summed E-state index contributed by atoms with van der Waals surface area (Å²) >= 11 is 0. The van der Waals surface area contributed by atoms with Crippen LogP contribution in [0.25, 0.3) is 0 Å². The SMILES string of the molecule is CC1(C)CC2(CCC13OCCO3)CC(=O)CCO2. The van der Waals surface area contributed by atoms with Gasteiger partial charge in [0.25, 0.3) is 0 Å². The summed E-state index contributed by atoms with van der Waals surface area (Å²) in [5, 5.41) is 0. The third-order valence-corrected chi connectivity index (χ3v) is 4.77. The van der Waals surface area contributed by atoms with Crippen molar-refractivity contribution in [2.24, 2.45) is 5.41 Å². The first kappa shape index (κ1) is 12.6. The summed E-state index contributed by atoms with van der Waals surface area (Å²) < 4.78 is 17.8. The molecule has 4 heteroatoms. The summed E-state index contributed by atoms with van der Waals surface area (Å²) in [6, 6.07) is 0. The van der Waals surface area contributed by atoms with Gasteiger partial charge in [-0.1, -0.05) is 13.8 Å². The molecule has 1 saturated carbocycles. The molecule has 3 aliphatic rings. The molecule has 1 atom stereocenters. The van der Waals surface area contributed by atoms with Crippen molar-refractivity contribution in [3.05, 3.63) is 0 Å². The molecular formula is C14H22O4. The van der Waals surface area contributed by atoms with Gasteiger partial charge in [0.2, 0.25) is 0 Å². The lowest BCUT2D eigenvalue weighted by atomic mass is 9.63. The Morgan fingerprint density at radius 3 is 2.33 bits per heavy atom. The van der Waals surface area contributed by atoms with Crippen LogP contribution in [0.5, 0.6) is 0 Å². The van der Waals surface area contributed by atoms with Gasteiger partial charge < -0.3 is 14.2 Å². The van der Waals surface area contributed by atoms with Gasteiger partial charge in [0.15, 0.2) is 5.79 Å². The fraction of sp³-hybridized carbons (Fsp3) is 0.929. The molecule has 102 valence electrons. The lowest BCUT2D eigenvalue weighted by molar-refractivity contribution is -0.278. The van der Waals surface area contributed by atoms with Crippen LogP contribution in [0.1, 0.15) is 46.0 Å². The van der Waals surface area contributed by atoms with E-state index in [2.05, 4.69) is 13.8 Å². The van der Waals surface area contributed by atoms with E-state index in [1.807, 2.05) is 0 Å². The largest absolute Gasteiger partial charge is 0.374 e. The number of hydrogen-bond acceptors (Lipinski definition) is 4. The fourth-order valence-electron chi connectivity index (χ4n) is 3.90. The van der Waals surface area contributed by atoms with Crippen LogP contribution < -0.4 is 0 Å². The molecule has 0 aromatic heterocycles. The highest BCUT2D eigenvalue weighted by molar-refractivity contribution is 5.80. The molecule has 0 radical (unpaired) electrons. The molecule has 0 aromatic carbocycles. The minimum absolute atomic E-state index is 0.112. The Morgan fingerprint density at radius 1 is 1.00 bits per heavy atom. The molecule has 3 fully saturated rings. The van der Waals surface area contributed by atoms with Gasteiger partial charge in [0.1, 0.15) is 5.78 Å². The van der Waals surface area contributed by atoms with Crippen molar-refractivity contribution in [2.45, 2.75) is 57.3 Å². The molecule has 1 unspecified atom stereocenters. The molecule has 0 amide bonds. The van der Waals surface area contributed by atoms with Crippen LogP contribution in [0, 0.1) is 5.41 Å². The van der Waals surface area contributed by atoms with E-state index in [9.17, 15) is 4.79 Å². The van der Waals surface area contributed by atoms with E-state index < -0.39 is 5.79 Å². The predicted molar refractivity (Wildman–Crippen MR) is 65.2 cm³/mol. The Labute approximate surface area is 108 Å². The number of ether oxygens (including phenoxy) is 3. The topological polar surface area (TPSA) is 44.8 Å². The number of rotatable bonds is 0. The van der Waals surface area contributed by atoms with Crippen molar-refractivity contribution in [3.63, 3.8) is 0 Å². The van der Waals surface area contributed by atoms with Gasteiger partial charge in [0.05, 0.1) is 25.4 Å². The van der Waals surface area contributed by atoms with Crippen LogP contribution >= 0.6 is 0 Å². The third-order valence-electron chi connectivity index (χ3n) is 4.77. The van der Waals surface area contributed by atoms with Crippen LogP contribution in [0.3, 0.4) is 0 Å². The molecule has 2 aliphatic heterocycles. The van der Waals surface area contributed by atoms with Gasteiger partial charge in [-0.15, -0.1) is 0 Å². The summed E-state index contributed by atoms with van der Waals surface area (Å²) in [7, 11) is 0. The predicted octanol–water partition coefficient (Wildman–Crippen LogP) is 2.06. The molecule has 0 bridgehead atoms. The van der Waals surface area contributed by atoms with E-state index in [1.165, 1.54) is 0 Å². The highest BCUT2D eigenvalue weighted by Crippen LogP contribution is 2.54. The zero-order valence-corrected chi connectivity index (χ0v) is 11.3. The van der Waals surface area contributed by atoms with Crippen molar-refractivity contribution in [1.82, 2.24) is 0 Å². The lowest BCUT2D eigenvalue weighted by Gasteiger charge is -2.53. The van der Waals surface area contributed by atoms with Crippen LogP contribution in [0.2, 0.25) is 0 Å². The first-order chi connectivity index (χ1) is 8.47. The average Bonchev–Trinajstić information content (AvgIpc) is 2.74. The molecule has 2 heterocycles. The Balaban J connectivity index is 1.82. The second-order valence-corrected chi connectivity index (χ2v) is 6.51. The zero-order valence-electron chi connectivity index (χ0n) is 11.3. The number of Topliss-reactive ketones (excluding diaryl/α,β-unsaturated/α-hetero) is 1. The highest BCUT2D eigenvalue weighted by Gasteiger charge is 2.58. The Morgan fingerprint density at radius 2 is 1.72 bits per heavy atom.